The van der Waals surface area contributed by atoms with Gasteiger partial charge in [-0.3, -0.25) is 0 Å². The fraction of sp³-hybridized carbons (Fsp3) is 0.263. The molecule has 4 heteroatoms. The van der Waals surface area contributed by atoms with Crippen LogP contribution in [0.25, 0.3) is 33.6 Å². The van der Waals surface area contributed by atoms with Crippen molar-refractivity contribution in [3.63, 3.8) is 0 Å². The normalized spacial score (nSPS) is 13.1. The summed E-state index contributed by atoms with van der Waals surface area (Å²) in [5.74, 6) is 0.880. The van der Waals surface area contributed by atoms with Crippen molar-refractivity contribution < 1.29 is 20.1 Å². The molecule has 0 atom stereocenters. The molecule has 2 aromatic heterocycles. The smallest absolute Gasteiger partial charge is 0.0798 e. The van der Waals surface area contributed by atoms with Gasteiger partial charge in [0.2, 0.25) is 0 Å². The molecule has 0 unspecified atom stereocenters. The fourth-order valence-electron chi connectivity index (χ4n) is 5.74. The van der Waals surface area contributed by atoms with Crippen molar-refractivity contribution in [2.75, 3.05) is 0 Å². The van der Waals surface area contributed by atoms with Gasteiger partial charge < -0.3 is 9.97 Å². The molecule has 3 aromatic carbocycles. The first-order valence-electron chi connectivity index (χ1n) is 14.8. The van der Waals surface area contributed by atoms with E-state index in [1.54, 1.807) is 10.8 Å². The van der Waals surface area contributed by atoms with Crippen LogP contribution < -0.4 is 5.19 Å². The van der Waals surface area contributed by atoms with Gasteiger partial charge in [-0.2, -0.15) is 0 Å². The first-order chi connectivity index (χ1) is 19.9. The summed E-state index contributed by atoms with van der Waals surface area (Å²) < 4.78 is 0. The van der Waals surface area contributed by atoms with Gasteiger partial charge in [0, 0.05) is 38.1 Å². The average Bonchev–Trinajstić information content (AvgIpc) is 3.51. The van der Waals surface area contributed by atoms with E-state index < -0.39 is 8.07 Å². The predicted molar refractivity (Wildman–Crippen MR) is 176 cm³/mol. The van der Waals surface area contributed by atoms with Crippen LogP contribution >= 0.6 is 0 Å². The van der Waals surface area contributed by atoms with Crippen LogP contribution in [-0.2, 0) is 26.5 Å². The zero-order valence-electron chi connectivity index (χ0n) is 25.2. The molecule has 6 rings (SSSR count). The van der Waals surface area contributed by atoms with Gasteiger partial charge in [0.05, 0.1) is 8.07 Å². The molecule has 2 heterocycles. The van der Waals surface area contributed by atoms with Crippen molar-refractivity contribution in [2.24, 2.45) is 5.92 Å². The summed E-state index contributed by atoms with van der Waals surface area (Å²) in [7, 11) is -1.35. The average molecular weight is 745 g/mol. The first kappa shape index (κ1) is 31.8. The number of aromatic nitrogens is 2. The molecule has 1 radical (unpaired) electrons. The van der Waals surface area contributed by atoms with Crippen LogP contribution in [0.5, 0.6) is 0 Å². The molecule has 1 aliphatic carbocycles. The number of pyridine rings is 2. The largest absolute Gasteiger partial charge is 0.305 e. The van der Waals surface area contributed by atoms with E-state index in [4.69, 9.17) is 4.98 Å². The standard InChI is InChI=1S/C20H26NSi.C18H14N.Ir/c1-22(2,3)20-15-21-19(17-11-5-4-6-12-17)14-18(20)13-16-9-7-8-10-16;1-14-12-18(16-10-6-3-7-11-16)19-13-17(14)15-8-4-2-5-9-15;/h4-6,11,14-16H,7-10,13H2,1-3H3;2-10,12-13H,1H3;/q2*-1;. The summed E-state index contributed by atoms with van der Waals surface area (Å²) in [6, 6.07) is 37.4. The zero-order valence-corrected chi connectivity index (χ0v) is 28.6. The van der Waals surface area contributed by atoms with Gasteiger partial charge in [0.1, 0.15) is 0 Å². The summed E-state index contributed by atoms with van der Waals surface area (Å²) in [5.41, 5.74) is 9.36. The molecule has 0 N–H and O–H groups in total. The third-order valence-electron chi connectivity index (χ3n) is 7.95. The molecule has 0 bridgehead atoms. The van der Waals surface area contributed by atoms with Crippen molar-refractivity contribution in [2.45, 2.75) is 58.7 Å². The van der Waals surface area contributed by atoms with E-state index in [0.29, 0.717) is 0 Å². The molecule has 0 spiro atoms. The Morgan fingerprint density at radius 2 is 1.31 bits per heavy atom. The molecular weight excluding hydrogens is 705 g/mol. The van der Waals surface area contributed by atoms with Gasteiger partial charge in [-0.1, -0.05) is 93.4 Å². The number of benzene rings is 3. The van der Waals surface area contributed by atoms with E-state index in [1.165, 1.54) is 48.8 Å². The van der Waals surface area contributed by atoms with Gasteiger partial charge in [-0.25, -0.2) is 0 Å². The molecule has 0 amide bonds. The molecule has 1 aliphatic rings. The Labute approximate surface area is 267 Å². The van der Waals surface area contributed by atoms with E-state index in [-0.39, 0.29) is 20.1 Å². The molecule has 5 aromatic rings. The Balaban J connectivity index is 0.000000190. The molecule has 2 nitrogen and oxygen atoms in total. The van der Waals surface area contributed by atoms with E-state index in [1.807, 2.05) is 60.8 Å². The minimum atomic E-state index is -1.35. The molecular formula is C38H40IrN2Si-2. The third-order valence-corrected chi connectivity index (χ3v) is 10.0. The monoisotopic (exact) mass is 745 g/mol. The maximum Gasteiger partial charge on any atom is 0.0798 e. The zero-order chi connectivity index (χ0) is 28.7. The van der Waals surface area contributed by atoms with Gasteiger partial charge in [0.25, 0.3) is 0 Å². The van der Waals surface area contributed by atoms with Crippen LogP contribution in [0, 0.1) is 25.0 Å². The Hall–Kier alpha value is -3.17. The Kier molecular flexibility index (Phi) is 11.2. The number of aryl methyl sites for hydroxylation is 1. The first-order valence-corrected chi connectivity index (χ1v) is 18.3. The second-order valence-corrected chi connectivity index (χ2v) is 17.2. The summed E-state index contributed by atoms with van der Waals surface area (Å²) in [5, 5.41) is 1.54. The van der Waals surface area contributed by atoms with Crippen LogP contribution in [0.4, 0.5) is 0 Å². The maximum atomic E-state index is 4.75. The van der Waals surface area contributed by atoms with Crippen molar-refractivity contribution in [1.82, 2.24) is 9.97 Å². The molecule has 1 saturated carbocycles. The Morgan fingerprint density at radius 1 is 0.738 bits per heavy atom. The minimum absolute atomic E-state index is 0. The van der Waals surface area contributed by atoms with Crippen LogP contribution in [0.15, 0.2) is 103 Å². The maximum absolute atomic E-state index is 4.75. The molecule has 217 valence electrons. The predicted octanol–water partition coefficient (Wildman–Crippen LogP) is 9.35. The van der Waals surface area contributed by atoms with Gasteiger partial charge in [-0.15, -0.1) is 71.8 Å². The number of hydrogen-bond donors (Lipinski definition) is 0. The van der Waals surface area contributed by atoms with Crippen molar-refractivity contribution in [3.8, 4) is 33.6 Å². The van der Waals surface area contributed by atoms with Gasteiger partial charge in [0.15, 0.2) is 0 Å². The number of hydrogen-bond acceptors (Lipinski definition) is 2. The van der Waals surface area contributed by atoms with Crippen molar-refractivity contribution in [1.29, 1.82) is 0 Å². The second kappa shape index (κ2) is 14.8. The quantitative estimate of drug-likeness (QED) is 0.128. The van der Waals surface area contributed by atoms with Crippen LogP contribution in [-0.4, -0.2) is 18.0 Å². The van der Waals surface area contributed by atoms with E-state index >= 15 is 0 Å². The summed E-state index contributed by atoms with van der Waals surface area (Å²) >= 11 is 0. The summed E-state index contributed by atoms with van der Waals surface area (Å²) in [6.07, 6.45) is 11.0. The van der Waals surface area contributed by atoms with Crippen LogP contribution in [0.2, 0.25) is 19.6 Å². The summed E-state index contributed by atoms with van der Waals surface area (Å²) in [6.45, 7) is 9.40. The Bertz CT molecular complexity index is 1540. The van der Waals surface area contributed by atoms with Gasteiger partial charge in [-0.05, 0) is 47.0 Å². The molecule has 42 heavy (non-hydrogen) atoms. The van der Waals surface area contributed by atoms with E-state index in [2.05, 4.69) is 86.3 Å². The SMILES string of the molecule is C[Si](C)(C)c1cnc(-c2[c-]cccc2)cc1CC1CCCC1.Cc1cc(-c2[c-]cccc2)ncc1-c1ccccc1.[Ir]. The fourth-order valence-corrected chi connectivity index (χ4v) is 7.33. The van der Waals surface area contributed by atoms with Crippen molar-refractivity contribution >= 4 is 13.3 Å². The Morgan fingerprint density at radius 3 is 1.86 bits per heavy atom. The topological polar surface area (TPSA) is 25.8 Å². The second-order valence-electron chi connectivity index (χ2n) is 12.1. The molecule has 1 fully saturated rings. The summed E-state index contributed by atoms with van der Waals surface area (Å²) in [4.78, 5) is 9.31. The van der Waals surface area contributed by atoms with Crippen LogP contribution in [0.3, 0.4) is 0 Å². The van der Waals surface area contributed by atoms with Crippen molar-refractivity contribution in [3.05, 3.63) is 127 Å². The number of nitrogens with zero attached hydrogens (tertiary/aromatic N) is 2. The molecule has 0 saturated heterocycles. The van der Waals surface area contributed by atoms with E-state index in [0.717, 1.165) is 28.4 Å². The van der Waals surface area contributed by atoms with E-state index in [9.17, 15) is 0 Å². The van der Waals surface area contributed by atoms with Gasteiger partial charge >= 0.3 is 0 Å². The molecule has 0 aliphatic heterocycles. The van der Waals surface area contributed by atoms with Crippen LogP contribution in [0.1, 0.15) is 36.8 Å². The third kappa shape index (κ3) is 8.22. The number of rotatable bonds is 6. The minimum Gasteiger partial charge on any atom is -0.305 e.